The van der Waals surface area contributed by atoms with Gasteiger partial charge in [0.2, 0.25) is 0 Å². The summed E-state index contributed by atoms with van der Waals surface area (Å²) in [6.07, 6.45) is 5.91. The molecule has 1 unspecified atom stereocenters. The van der Waals surface area contributed by atoms with Crippen molar-refractivity contribution in [1.82, 2.24) is 10.2 Å². The van der Waals surface area contributed by atoms with Crippen LogP contribution in [0, 0.1) is 18.3 Å². The fourth-order valence-electron chi connectivity index (χ4n) is 3.04. The SMILES string of the molecule is Cc1cc(C#N)ccc1C1=CCNC(N2C=C(O)CC2)C1. The molecule has 2 heterocycles. The zero-order valence-corrected chi connectivity index (χ0v) is 12.1. The number of nitrogens with one attached hydrogen (secondary N) is 1. The molecule has 0 aliphatic carbocycles. The Kier molecular flexibility index (Phi) is 3.68. The van der Waals surface area contributed by atoms with Gasteiger partial charge in [-0.25, -0.2) is 0 Å². The highest BCUT2D eigenvalue weighted by Gasteiger charge is 2.24. The Morgan fingerprint density at radius 2 is 2.29 bits per heavy atom. The zero-order chi connectivity index (χ0) is 14.8. The summed E-state index contributed by atoms with van der Waals surface area (Å²) in [5.41, 5.74) is 4.36. The topological polar surface area (TPSA) is 59.3 Å². The second kappa shape index (κ2) is 5.63. The Labute approximate surface area is 125 Å². The van der Waals surface area contributed by atoms with Gasteiger partial charge in [0.25, 0.3) is 0 Å². The molecule has 2 aliphatic heterocycles. The van der Waals surface area contributed by atoms with Gasteiger partial charge >= 0.3 is 0 Å². The number of nitriles is 1. The van der Waals surface area contributed by atoms with E-state index < -0.39 is 0 Å². The minimum Gasteiger partial charge on any atom is -0.511 e. The number of aryl methyl sites for hydroxylation is 1. The Bertz CT molecular complexity index is 654. The molecule has 21 heavy (non-hydrogen) atoms. The van der Waals surface area contributed by atoms with E-state index in [0.29, 0.717) is 11.3 Å². The predicted octanol–water partition coefficient (Wildman–Crippen LogP) is 2.67. The van der Waals surface area contributed by atoms with Gasteiger partial charge in [-0.3, -0.25) is 5.32 Å². The quantitative estimate of drug-likeness (QED) is 0.875. The van der Waals surface area contributed by atoms with Gasteiger partial charge in [0.15, 0.2) is 0 Å². The molecule has 0 fully saturated rings. The third-order valence-corrected chi connectivity index (χ3v) is 4.16. The fraction of sp³-hybridized carbons (Fsp3) is 0.353. The van der Waals surface area contributed by atoms with Crippen LogP contribution in [0.3, 0.4) is 0 Å². The number of hydrogen-bond donors (Lipinski definition) is 2. The first-order valence-corrected chi connectivity index (χ1v) is 7.26. The fourth-order valence-corrected chi connectivity index (χ4v) is 3.04. The molecule has 1 aromatic rings. The highest BCUT2D eigenvalue weighted by Crippen LogP contribution is 2.28. The average molecular weight is 281 g/mol. The highest BCUT2D eigenvalue weighted by molar-refractivity contribution is 5.70. The van der Waals surface area contributed by atoms with E-state index in [4.69, 9.17) is 5.26 Å². The number of aliphatic hydroxyl groups is 1. The van der Waals surface area contributed by atoms with Crippen LogP contribution in [-0.2, 0) is 0 Å². The molecule has 0 saturated carbocycles. The third-order valence-electron chi connectivity index (χ3n) is 4.16. The largest absolute Gasteiger partial charge is 0.511 e. The monoisotopic (exact) mass is 281 g/mol. The van der Waals surface area contributed by atoms with Crippen LogP contribution in [0.25, 0.3) is 5.57 Å². The van der Waals surface area contributed by atoms with E-state index in [-0.39, 0.29) is 6.17 Å². The van der Waals surface area contributed by atoms with Crippen LogP contribution in [0.1, 0.15) is 29.5 Å². The summed E-state index contributed by atoms with van der Waals surface area (Å²) in [6.45, 7) is 3.74. The molecule has 0 bridgehead atoms. The van der Waals surface area contributed by atoms with Crippen molar-refractivity contribution in [3.63, 3.8) is 0 Å². The lowest BCUT2D eigenvalue weighted by atomic mass is 9.93. The van der Waals surface area contributed by atoms with Gasteiger partial charge in [0.05, 0.1) is 17.8 Å². The van der Waals surface area contributed by atoms with Crippen molar-refractivity contribution in [2.75, 3.05) is 13.1 Å². The number of hydrogen-bond acceptors (Lipinski definition) is 4. The lowest BCUT2D eigenvalue weighted by Gasteiger charge is -2.32. The molecular weight excluding hydrogens is 262 g/mol. The summed E-state index contributed by atoms with van der Waals surface area (Å²) in [6, 6.07) is 8.04. The standard InChI is InChI=1S/C17H19N3O/c1-12-8-13(10-18)2-3-16(12)14-4-6-19-17(9-14)20-7-5-15(21)11-20/h2-4,8,11,17,19,21H,5-7,9H2,1H3. The van der Waals surface area contributed by atoms with Gasteiger partial charge in [0, 0.05) is 32.1 Å². The number of nitrogens with zero attached hydrogens (tertiary/aromatic N) is 2. The van der Waals surface area contributed by atoms with Crippen LogP contribution < -0.4 is 5.32 Å². The second-order valence-corrected chi connectivity index (χ2v) is 5.61. The smallest absolute Gasteiger partial charge is 0.110 e. The van der Waals surface area contributed by atoms with Gasteiger partial charge in [-0.15, -0.1) is 0 Å². The summed E-state index contributed by atoms with van der Waals surface area (Å²) in [7, 11) is 0. The van der Waals surface area contributed by atoms with Crippen molar-refractivity contribution >= 4 is 5.57 Å². The minimum atomic E-state index is 0.227. The minimum absolute atomic E-state index is 0.227. The first-order valence-electron chi connectivity index (χ1n) is 7.26. The molecule has 0 aromatic heterocycles. The molecule has 0 radical (unpaired) electrons. The van der Waals surface area contributed by atoms with Crippen molar-refractivity contribution in [1.29, 1.82) is 5.26 Å². The van der Waals surface area contributed by atoms with Crippen molar-refractivity contribution in [3.8, 4) is 6.07 Å². The molecule has 108 valence electrons. The van der Waals surface area contributed by atoms with Crippen LogP contribution in [0.5, 0.6) is 0 Å². The first kappa shape index (κ1) is 13.7. The molecule has 1 atom stereocenters. The van der Waals surface area contributed by atoms with Crippen molar-refractivity contribution in [2.24, 2.45) is 0 Å². The van der Waals surface area contributed by atoms with E-state index in [1.807, 2.05) is 24.4 Å². The maximum Gasteiger partial charge on any atom is 0.110 e. The van der Waals surface area contributed by atoms with Gasteiger partial charge in [0.1, 0.15) is 5.76 Å². The lowest BCUT2D eigenvalue weighted by Crippen LogP contribution is -2.44. The van der Waals surface area contributed by atoms with E-state index in [9.17, 15) is 5.11 Å². The molecule has 0 amide bonds. The van der Waals surface area contributed by atoms with E-state index >= 15 is 0 Å². The van der Waals surface area contributed by atoms with E-state index in [1.54, 1.807) is 0 Å². The number of aliphatic hydroxyl groups excluding tert-OH is 1. The van der Waals surface area contributed by atoms with Gasteiger partial charge in [-0.05, 0) is 35.8 Å². The molecule has 4 heteroatoms. The molecule has 0 saturated heterocycles. The van der Waals surface area contributed by atoms with Crippen molar-refractivity contribution in [2.45, 2.75) is 25.9 Å². The number of benzene rings is 1. The normalized spacial score (nSPS) is 21.7. The van der Waals surface area contributed by atoms with Gasteiger partial charge in [-0.1, -0.05) is 12.1 Å². The second-order valence-electron chi connectivity index (χ2n) is 5.61. The summed E-state index contributed by atoms with van der Waals surface area (Å²) < 4.78 is 0. The Morgan fingerprint density at radius 3 is 2.95 bits per heavy atom. The van der Waals surface area contributed by atoms with Crippen LogP contribution >= 0.6 is 0 Å². The summed E-state index contributed by atoms with van der Waals surface area (Å²) in [4.78, 5) is 2.17. The summed E-state index contributed by atoms with van der Waals surface area (Å²) in [5, 5.41) is 22.0. The van der Waals surface area contributed by atoms with Crippen molar-refractivity contribution in [3.05, 3.63) is 52.9 Å². The first-order chi connectivity index (χ1) is 10.2. The summed E-state index contributed by atoms with van der Waals surface area (Å²) >= 11 is 0. The maximum absolute atomic E-state index is 9.56. The highest BCUT2D eigenvalue weighted by atomic mass is 16.3. The summed E-state index contributed by atoms with van der Waals surface area (Å²) in [5.74, 6) is 0.461. The third kappa shape index (κ3) is 2.79. The van der Waals surface area contributed by atoms with E-state index in [0.717, 1.165) is 31.5 Å². The van der Waals surface area contributed by atoms with E-state index in [2.05, 4.69) is 29.3 Å². The van der Waals surface area contributed by atoms with Crippen LogP contribution in [-0.4, -0.2) is 29.3 Å². The molecule has 2 aliphatic rings. The van der Waals surface area contributed by atoms with Gasteiger partial charge in [-0.2, -0.15) is 5.26 Å². The van der Waals surface area contributed by atoms with Crippen LogP contribution in [0.4, 0.5) is 0 Å². The molecular formula is C17H19N3O. The zero-order valence-electron chi connectivity index (χ0n) is 12.1. The van der Waals surface area contributed by atoms with Crippen molar-refractivity contribution < 1.29 is 5.11 Å². The lowest BCUT2D eigenvalue weighted by molar-refractivity contribution is 0.255. The molecule has 1 aromatic carbocycles. The predicted molar refractivity (Wildman–Crippen MR) is 82.3 cm³/mol. The number of rotatable bonds is 2. The van der Waals surface area contributed by atoms with Gasteiger partial charge < -0.3 is 10.0 Å². The Hall–Kier alpha value is -2.25. The van der Waals surface area contributed by atoms with Crippen LogP contribution in [0.15, 0.2) is 36.2 Å². The Morgan fingerprint density at radius 1 is 1.43 bits per heavy atom. The molecule has 3 rings (SSSR count). The maximum atomic E-state index is 9.56. The average Bonchev–Trinajstić information content (AvgIpc) is 2.94. The van der Waals surface area contributed by atoms with E-state index in [1.165, 1.54) is 11.1 Å². The molecule has 2 N–H and O–H groups in total. The molecule has 4 nitrogen and oxygen atoms in total. The van der Waals surface area contributed by atoms with Crippen LogP contribution in [0.2, 0.25) is 0 Å². The Balaban J connectivity index is 1.80. The molecule has 0 spiro atoms.